The van der Waals surface area contributed by atoms with Gasteiger partial charge in [-0.05, 0) is 58.9 Å². The van der Waals surface area contributed by atoms with Crippen LogP contribution in [0.3, 0.4) is 0 Å². The van der Waals surface area contributed by atoms with Crippen LogP contribution in [0.4, 0.5) is 16.3 Å². The number of pyridine rings is 1. The number of aromatic nitrogens is 1. The zero-order valence-corrected chi connectivity index (χ0v) is 18.9. The number of allylic oxidation sites excluding steroid dienone is 1. The summed E-state index contributed by atoms with van der Waals surface area (Å²) in [4.78, 5) is 33.6. The molecular formula is C24H31N3O4. The molecule has 1 unspecified atom stereocenters. The van der Waals surface area contributed by atoms with Gasteiger partial charge in [0.05, 0.1) is 13.2 Å². The SMILES string of the molecule is C=C(C)N(C(=O)OC(C)(C)C)C(CN(c1ccccc1)c1ccccn1)C(=O)OCC. The Kier molecular flexibility index (Phi) is 8.19. The van der Waals surface area contributed by atoms with E-state index in [9.17, 15) is 9.59 Å². The van der Waals surface area contributed by atoms with E-state index in [1.54, 1.807) is 40.8 Å². The van der Waals surface area contributed by atoms with Gasteiger partial charge >= 0.3 is 12.1 Å². The number of carbonyl (C=O) groups excluding carboxylic acids is 2. The van der Waals surface area contributed by atoms with Gasteiger partial charge in [0.1, 0.15) is 11.4 Å². The number of ether oxygens (including phenoxy) is 2. The first-order valence-corrected chi connectivity index (χ1v) is 10.2. The molecule has 2 rings (SSSR count). The molecule has 0 aliphatic heterocycles. The molecule has 166 valence electrons. The summed E-state index contributed by atoms with van der Waals surface area (Å²) in [5.74, 6) is 0.0853. The van der Waals surface area contributed by atoms with E-state index in [-0.39, 0.29) is 13.2 Å². The van der Waals surface area contributed by atoms with Crippen molar-refractivity contribution in [3.63, 3.8) is 0 Å². The van der Waals surface area contributed by atoms with Crippen LogP contribution in [0.2, 0.25) is 0 Å². The summed E-state index contributed by atoms with van der Waals surface area (Å²) >= 11 is 0. The zero-order valence-electron chi connectivity index (χ0n) is 18.9. The van der Waals surface area contributed by atoms with Crippen molar-refractivity contribution < 1.29 is 19.1 Å². The minimum absolute atomic E-state index is 0.103. The third kappa shape index (κ3) is 6.84. The topological polar surface area (TPSA) is 72.0 Å². The third-order valence-electron chi connectivity index (χ3n) is 4.22. The van der Waals surface area contributed by atoms with E-state index < -0.39 is 23.7 Å². The molecule has 0 saturated carbocycles. The standard InChI is InChI=1S/C24H31N3O4/c1-7-30-22(28)20(27(18(2)3)23(29)31-24(4,5)6)17-26(19-13-9-8-10-14-19)21-15-11-12-16-25-21/h8-16,20H,2,7,17H2,1,3-6H3. The molecule has 31 heavy (non-hydrogen) atoms. The van der Waals surface area contributed by atoms with Crippen LogP contribution in [0.15, 0.2) is 67.0 Å². The fourth-order valence-corrected chi connectivity index (χ4v) is 2.99. The van der Waals surface area contributed by atoms with Crippen molar-refractivity contribution in [2.45, 2.75) is 46.3 Å². The maximum Gasteiger partial charge on any atom is 0.415 e. The van der Waals surface area contributed by atoms with E-state index in [1.807, 2.05) is 53.4 Å². The van der Waals surface area contributed by atoms with E-state index in [4.69, 9.17) is 9.47 Å². The second-order valence-corrected chi connectivity index (χ2v) is 7.99. The van der Waals surface area contributed by atoms with Gasteiger partial charge < -0.3 is 14.4 Å². The van der Waals surface area contributed by atoms with Gasteiger partial charge in [-0.3, -0.25) is 4.90 Å². The third-order valence-corrected chi connectivity index (χ3v) is 4.22. The molecule has 0 spiro atoms. The molecule has 0 aliphatic rings. The Balaban J connectivity index is 2.50. The van der Waals surface area contributed by atoms with Gasteiger partial charge in [-0.25, -0.2) is 14.6 Å². The van der Waals surface area contributed by atoms with Crippen LogP contribution in [0.1, 0.15) is 34.6 Å². The predicted molar refractivity (Wildman–Crippen MR) is 121 cm³/mol. The summed E-state index contributed by atoms with van der Waals surface area (Å²) in [5, 5.41) is 0. The highest BCUT2D eigenvalue weighted by Gasteiger charge is 2.36. The van der Waals surface area contributed by atoms with Gasteiger partial charge in [0, 0.05) is 17.6 Å². The highest BCUT2D eigenvalue weighted by atomic mass is 16.6. The molecule has 1 aromatic heterocycles. The summed E-state index contributed by atoms with van der Waals surface area (Å²) in [6, 6.07) is 14.1. The van der Waals surface area contributed by atoms with Gasteiger partial charge in [0.2, 0.25) is 0 Å². The van der Waals surface area contributed by atoms with Gasteiger partial charge in [0.15, 0.2) is 6.04 Å². The molecule has 0 radical (unpaired) electrons. The maximum absolute atomic E-state index is 13.0. The molecule has 1 heterocycles. The van der Waals surface area contributed by atoms with E-state index in [0.717, 1.165) is 5.69 Å². The number of hydrogen-bond acceptors (Lipinski definition) is 6. The lowest BCUT2D eigenvalue weighted by Crippen LogP contribution is -2.51. The summed E-state index contributed by atoms with van der Waals surface area (Å²) < 4.78 is 10.9. The molecule has 0 bridgehead atoms. The average Bonchev–Trinajstić information content (AvgIpc) is 2.70. The van der Waals surface area contributed by atoms with Crippen molar-refractivity contribution >= 4 is 23.6 Å². The smallest absolute Gasteiger partial charge is 0.415 e. The largest absolute Gasteiger partial charge is 0.464 e. The molecule has 7 nitrogen and oxygen atoms in total. The van der Waals surface area contributed by atoms with Crippen LogP contribution < -0.4 is 4.90 Å². The fourth-order valence-electron chi connectivity index (χ4n) is 2.99. The van der Waals surface area contributed by atoms with Crippen molar-refractivity contribution in [1.29, 1.82) is 0 Å². The van der Waals surface area contributed by atoms with Crippen molar-refractivity contribution in [1.82, 2.24) is 9.88 Å². The van der Waals surface area contributed by atoms with Gasteiger partial charge in [-0.1, -0.05) is 30.8 Å². The van der Waals surface area contributed by atoms with Gasteiger partial charge in [-0.15, -0.1) is 0 Å². The molecule has 2 aromatic rings. The quantitative estimate of drug-likeness (QED) is 0.559. The molecule has 1 amide bonds. The van der Waals surface area contributed by atoms with E-state index in [2.05, 4.69) is 11.6 Å². The molecule has 0 N–H and O–H groups in total. The second kappa shape index (κ2) is 10.6. The minimum atomic E-state index is -0.991. The lowest BCUT2D eigenvalue weighted by Gasteiger charge is -2.35. The lowest BCUT2D eigenvalue weighted by molar-refractivity contribution is -0.148. The monoisotopic (exact) mass is 425 g/mol. The Morgan fingerprint density at radius 1 is 1.10 bits per heavy atom. The van der Waals surface area contributed by atoms with E-state index in [1.165, 1.54) is 4.90 Å². The minimum Gasteiger partial charge on any atom is -0.464 e. The highest BCUT2D eigenvalue weighted by molar-refractivity contribution is 5.84. The van der Waals surface area contributed by atoms with E-state index >= 15 is 0 Å². The number of carbonyl (C=O) groups is 2. The molecule has 7 heteroatoms. The summed E-state index contributed by atoms with van der Waals surface area (Å²) in [6.07, 6.45) is 1.02. The summed E-state index contributed by atoms with van der Waals surface area (Å²) in [7, 11) is 0. The van der Waals surface area contributed by atoms with Crippen LogP contribution in [-0.2, 0) is 14.3 Å². The normalized spacial score (nSPS) is 11.9. The Labute approximate surface area is 184 Å². The van der Waals surface area contributed by atoms with Crippen molar-refractivity contribution in [2.24, 2.45) is 0 Å². The van der Waals surface area contributed by atoms with Crippen LogP contribution in [-0.4, -0.2) is 46.7 Å². The number of anilines is 2. The number of benzene rings is 1. The number of esters is 1. The molecular weight excluding hydrogens is 394 g/mol. The van der Waals surface area contributed by atoms with E-state index in [0.29, 0.717) is 11.5 Å². The van der Waals surface area contributed by atoms with Crippen molar-refractivity contribution in [2.75, 3.05) is 18.1 Å². The van der Waals surface area contributed by atoms with Crippen LogP contribution in [0, 0.1) is 0 Å². The number of para-hydroxylation sites is 1. The number of hydrogen-bond donors (Lipinski definition) is 0. The first kappa shape index (κ1) is 23.9. The van der Waals surface area contributed by atoms with Crippen LogP contribution in [0.25, 0.3) is 0 Å². The highest BCUT2D eigenvalue weighted by Crippen LogP contribution is 2.26. The van der Waals surface area contributed by atoms with Crippen molar-refractivity contribution in [3.8, 4) is 0 Å². The average molecular weight is 426 g/mol. The Morgan fingerprint density at radius 3 is 2.26 bits per heavy atom. The maximum atomic E-state index is 13.0. The Bertz CT molecular complexity index is 839. The van der Waals surface area contributed by atoms with Gasteiger partial charge in [-0.2, -0.15) is 0 Å². The number of amides is 1. The number of nitrogens with zero attached hydrogens (tertiary/aromatic N) is 3. The van der Waals surface area contributed by atoms with Crippen LogP contribution in [0.5, 0.6) is 0 Å². The van der Waals surface area contributed by atoms with Gasteiger partial charge in [0.25, 0.3) is 0 Å². The first-order chi connectivity index (χ1) is 14.6. The molecule has 0 fully saturated rings. The van der Waals surface area contributed by atoms with Crippen molar-refractivity contribution in [3.05, 3.63) is 67.0 Å². The molecule has 0 aliphatic carbocycles. The first-order valence-electron chi connectivity index (χ1n) is 10.2. The number of rotatable bonds is 8. The second-order valence-electron chi connectivity index (χ2n) is 7.99. The summed E-state index contributed by atoms with van der Waals surface area (Å²) in [6.45, 7) is 12.9. The Hall–Kier alpha value is -3.35. The summed E-state index contributed by atoms with van der Waals surface area (Å²) in [5.41, 5.74) is 0.465. The molecule has 1 aromatic carbocycles. The van der Waals surface area contributed by atoms with Crippen LogP contribution >= 0.6 is 0 Å². The molecule has 0 saturated heterocycles. The fraction of sp³-hybridized carbons (Fsp3) is 0.375. The lowest BCUT2D eigenvalue weighted by atomic mass is 10.1. The predicted octanol–water partition coefficient (Wildman–Crippen LogP) is 4.92. The molecule has 1 atom stereocenters. The zero-order chi connectivity index (χ0) is 23.0. The Morgan fingerprint density at radius 2 is 1.74 bits per heavy atom.